The quantitative estimate of drug-likeness (QED) is 0.242. The molecule has 4 atom stereocenters. The molecule has 0 spiro atoms. The van der Waals surface area contributed by atoms with Crippen LogP contribution >= 0.6 is 0 Å². The van der Waals surface area contributed by atoms with Gasteiger partial charge in [-0.3, -0.25) is 0 Å². The van der Waals surface area contributed by atoms with E-state index >= 15 is 0 Å². The molecule has 2 saturated carbocycles. The minimum absolute atomic E-state index is 0.413. The van der Waals surface area contributed by atoms with Crippen LogP contribution in [0.3, 0.4) is 0 Å². The number of hydrogen-bond acceptors (Lipinski definition) is 0. The summed E-state index contributed by atoms with van der Waals surface area (Å²) in [5.74, 6) is 2.90. The minimum atomic E-state index is 0.413. The van der Waals surface area contributed by atoms with E-state index in [1.807, 2.05) is 0 Å². The lowest BCUT2D eigenvalue weighted by atomic mass is 9.64. The Morgan fingerprint density at radius 2 is 0.825 bits per heavy atom. The van der Waals surface area contributed by atoms with Crippen molar-refractivity contribution in [3.05, 3.63) is 107 Å². The molecule has 2 aliphatic rings. The van der Waals surface area contributed by atoms with Gasteiger partial charge in [0.15, 0.2) is 0 Å². The van der Waals surface area contributed by atoms with Gasteiger partial charge in [-0.2, -0.15) is 0 Å². The third-order valence-corrected chi connectivity index (χ3v) is 9.39. The first-order valence-electron chi connectivity index (χ1n) is 15.9. The SMILES string of the molecule is CC(/C=C/C=C(C)/C=C/C1C(C)CCCC1(C)C)=C\C=C\C=C(C)\C=C\C=C(C)\C=C\C1C(C)CCCC1(C)C. The van der Waals surface area contributed by atoms with Crippen LogP contribution in [-0.4, -0.2) is 0 Å². The van der Waals surface area contributed by atoms with Crippen LogP contribution < -0.4 is 0 Å². The van der Waals surface area contributed by atoms with E-state index in [4.69, 9.17) is 0 Å². The molecule has 0 N–H and O–H groups in total. The molecular weight excluding hydrogens is 480 g/mol. The van der Waals surface area contributed by atoms with Crippen molar-refractivity contribution in [3.63, 3.8) is 0 Å². The van der Waals surface area contributed by atoms with Crippen LogP contribution in [0.2, 0.25) is 0 Å². The molecule has 0 amide bonds. The van der Waals surface area contributed by atoms with Gasteiger partial charge in [0, 0.05) is 0 Å². The third kappa shape index (κ3) is 11.6. The molecule has 0 nitrogen and oxygen atoms in total. The monoisotopic (exact) mass is 540 g/mol. The number of allylic oxidation sites excluding steroid dienone is 18. The molecule has 0 aromatic heterocycles. The van der Waals surface area contributed by atoms with E-state index in [1.165, 1.54) is 60.8 Å². The highest BCUT2D eigenvalue weighted by atomic mass is 14.4. The van der Waals surface area contributed by atoms with Gasteiger partial charge < -0.3 is 0 Å². The normalized spacial score (nSPS) is 29.1. The summed E-state index contributed by atoms with van der Waals surface area (Å²) in [7, 11) is 0. The van der Waals surface area contributed by atoms with Gasteiger partial charge >= 0.3 is 0 Å². The molecule has 4 unspecified atom stereocenters. The Morgan fingerprint density at radius 1 is 0.500 bits per heavy atom. The summed E-state index contributed by atoms with van der Waals surface area (Å²) in [4.78, 5) is 0. The summed E-state index contributed by atoms with van der Waals surface area (Å²) >= 11 is 0. The third-order valence-electron chi connectivity index (χ3n) is 9.39. The van der Waals surface area contributed by atoms with Crippen molar-refractivity contribution in [2.24, 2.45) is 34.5 Å². The minimum Gasteiger partial charge on any atom is -0.0804 e. The molecule has 0 aromatic rings. The van der Waals surface area contributed by atoms with Crippen molar-refractivity contribution in [1.29, 1.82) is 0 Å². The topological polar surface area (TPSA) is 0 Å². The van der Waals surface area contributed by atoms with Crippen molar-refractivity contribution in [2.45, 2.75) is 108 Å². The Balaban J connectivity index is 1.85. The van der Waals surface area contributed by atoms with Gasteiger partial charge in [-0.1, -0.05) is 175 Å². The maximum Gasteiger partial charge on any atom is -0.0153 e. The van der Waals surface area contributed by atoms with Gasteiger partial charge in [0.2, 0.25) is 0 Å². The molecule has 2 aliphatic carbocycles. The molecule has 0 saturated heterocycles. The summed E-state index contributed by atoms with van der Waals surface area (Å²) in [6, 6.07) is 0. The average molecular weight is 541 g/mol. The van der Waals surface area contributed by atoms with Crippen LogP contribution in [0.1, 0.15) is 108 Å². The summed E-state index contributed by atoms with van der Waals surface area (Å²) in [6.45, 7) is 23.3. The Bertz CT molecular complexity index is 983. The smallest absolute Gasteiger partial charge is 0.0153 e. The highest BCUT2D eigenvalue weighted by Gasteiger charge is 2.35. The maximum atomic E-state index is 2.46. The molecule has 0 radical (unpaired) electrons. The van der Waals surface area contributed by atoms with Gasteiger partial charge in [0.05, 0.1) is 0 Å². The van der Waals surface area contributed by atoms with Crippen LogP contribution in [0.15, 0.2) is 107 Å². The van der Waals surface area contributed by atoms with Crippen LogP contribution in [0, 0.1) is 34.5 Å². The number of hydrogen-bond donors (Lipinski definition) is 0. The lowest BCUT2D eigenvalue weighted by Crippen LogP contribution is -2.32. The van der Waals surface area contributed by atoms with E-state index in [1.54, 1.807) is 0 Å². The van der Waals surface area contributed by atoms with Crippen molar-refractivity contribution in [3.8, 4) is 0 Å². The summed E-state index contributed by atoms with van der Waals surface area (Å²) in [5, 5.41) is 0. The second-order valence-electron chi connectivity index (χ2n) is 14.2. The second-order valence-corrected chi connectivity index (χ2v) is 14.2. The van der Waals surface area contributed by atoms with Gasteiger partial charge in [0.25, 0.3) is 0 Å². The Kier molecular flexibility index (Phi) is 13.7. The fraction of sp³-hybridized carbons (Fsp3) is 0.550. The molecule has 0 bridgehead atoms. The molecule has 0 aromatic carbocycles. The molecular formula is C40H60. The number of rotatable bonds is 10. The summed E-state index contributed by atoms with van der Waals surface area (Å²) in [6.07, 6.45) is 39.4. The summed E-state index contributed by atoms with van der Waals surface area (Å²) in [5.41, 5.74) is 5.94. The maximum absolute atomic E-state index is 2.46. The zero-order chi connectivity index (χ0) is 29.8. The Hall–Kier alpha value is -2.34. The zero-order valence-corrected chi connectivity index (χ0v) is 27.6. The fourth-order valence-corrected chi connectivity index (χ4v) is 6.74. The first kappa shape index (κ1) is 33.9. The van der Waals surface area contributed by atoms with E-state index in [-0.39, 0.29) is 0 Å². The van der Waals surface area contributed by atoms with Crippen LogP contribution in [0.4, 0.5) is 0 Å². The highest BCUT2D eigenvalue weighted by molar-refractivity contribution is 5.32. The first-order valence-corrected chi connectivity index (χ1v) is 15.9. The average Bonchev–Trinajstić information content (AvgIpc) is 2.85. The van der Waals surface area contributed by atoms with Gasteiger partial charge in [-0.15, -0.1) is 0 Å². The lowest BCUT2D eigenvalue weighted by molar-refractivity contribution is 0.122. The molecule has 220 valence electrons. The standard InChI is InChI=1S/C40H60/c1-31(19-13-21-33(3)25-27-37-35(5)23-15-29-39(37,7)8)17-11-12-18-32(2)20-14-22-34(4)26-28-38-36(6)24-16-30-40(38,9)10/h11-14,17-22,25-28,35-38H,15-16,23-24,29-30H2,1-10H3/b12-11+,19-13+,20-14+,27-25+,28-26+,31-17+,32-18+,33-21+,34-22+. The van der Waals surface area contributed by atoms with Gasteiger partial charge in [0.1, 0.15) is 0 Å². The molecule has 0 heterocycles. The van der Waals surface area contributed by atoms with Gasteiger partial charge in [-0.05, 0) is 75.0 Å². The predicted octanol–water partition coefficient (Wildman–Crippen LogP) is 12.5. The molecule has 2 fully saturated rings. The van der Waals surface area contributed by atoms with E-state index in [2.05, 4.69) is 154 Å². The van der Waals surface area contributed by atoms with Crippen LogP contribution in [0.25, 0.3) is 0 Å². The van der Waals surface area contributed by atoms with E-state index < -0.39 is 0 Å². The second kappa shape index (κ2) is 16.2. The molecule has 0 aliphatic heterocycles. The van der Waals surface area contributed by atoms with Crippen molar-refractivity contribution in [1.82, 2.24) is 0 Å². The molecule has 2 rings (SSSR count). The van der Waals surface area contributed by atoms with Gasteiger partial charge in [-0.25, -0.2) is 0 Å². The van der Waals surface area contributed by atoms with Crippen molar-refractivity contribution >= 4 is 0 Å². The van der Waals surface area contributed by atoms with Crippen LogP contribution in [-0.2, 0) is 0 Å². The Morgan fingerprint density at radius 3 is 1.18 bits per heavy atom. The largest absolute Gasteiger partial charge is 0.0804 e. The van der Waals surface area contributed by atoms with E-state index in [0.717, 1.165) is 11.8 Å². The highest BCUT2D eigenvalue weighted by Crippen LogP contribution is 2.45. The van der Waals surface area contributed by atoms with Crippen molar-refractivity contribution in [2.75, 3.05) is 0 Å². The zero-order valence-electron chi connectivity index (χ0n) is 27.6. The van der Waals surface area contributed by atoms with Crippen molar-refractivity contribution < 1.29 is 0 Å². The van der Waals surface area contributed by atoms with E-state index in [0.29, 0.717) is 22.7 Å². The fourth-order valence-electron chi connectivity index (χ4n) is 6.74. The molecule has 0 heteroatoms. The summed E-state index contributed by atoms with van der Waals surface area (Å²) < 4.78 is 0. The van der Waals surface area contributed by atoms with Crippen LogP contribution in [0.5, 0.6) is 0 Å². The van der Waals surface area contributed by atoms with E-state index in [9.17, 15) is 0 Å². The lowest BCUT2D eigenvalue weighted by Gasteiger charge is -2.41. The Labute approximate surface area is 249 Å². The molecule has 40 heavy (non-hydrogen) atoms. The predicted molar refractivity (Wildman–Crippen MR) is 181 cm³/mol. The first-order chi connectivity index (χ1) is 18.8.